The normalized spacial score (nSPS) is 12.3. The van der Waals surface area contributed by atoms with Gasteiger partial charge in [0.25, 0.3) is 0 Å². The van der Waals surface area contributed by atoms with Gasteiger partial charge < -0.3 is 10.0 Å². The molecule has 1 N–H and O–H groups in total. The molecule has 0 amide bonds. The summed E-state index contributed by atoms with van der Waals surface area (Å²) in [4.78, 5) is 13.2. The fourth-order valence-electron chi connectivity index (χ4n) is 2.36. The fraction of sp³-hybridized carbons (Fsp3) is 0.312. The molecule has 0 radical (unpaired) electrons. The van der Waals surface area contributed by atoms with Crippen LogP contribution in [-0.2, 0) is 4.79 Å². The number of hydrogen-bond acceptors (Lipinski definition) is 2. The van der Waals surface area contributed by atoms with Crippen LogP contribution in [0.4, 0.5) is 5.69 Å². The Balaban J connectivity index is 2.52. The average molecular weight is 257 g/mol. The second-order valence-corrected chi connectivity index (χ2v) is 4.71. The van der Waals surface area contributed by atoms with Crippen LogP contribution in [0.3, 0.4) is 0 Å². The maximum atomic E-state index is 11.3. The van der Waals surface area contributed by atoms with Crippen LogP contribution in [-0.4, -0.2) is 23.7 Å². The Morgan fingerprint density at radius 3 is 2.58 bits per heavy atom. The Morgan fingerprint density at radius 2 is 1.89 bits per heavy atom. The summed E-state index contributed by atoms with van der Waals surface area (Å²) in [6.07, 6.45) is 0.918. The molecule has 0 bridgehead atoms. The van der Waals surface area contributed by atoms with E-state index in [1.54, 1.807) is 6.92 Å². The van der Waals surface area contributed by atoms with Crippen molar-refractivity contribution in [3.63, 3.8) is 0 Å². The third-order valence-corrected chi connectivity index (χ3v) is 3.37. The highest BCUT2D eigenvalue weighted by molar-refractivity contribution is 5.95. The zero-order valence-electron chi connectivity index (χ0n) is 11.3. The quantitative estimate of drug-likeness (QED) is 0.890. The van der Waals surface area contributed by atoms with E-state index in [0.29, 0.717) is 0 Å². The monoisotopic (exact) mass is 257 g/mol. The van der Waals surface area contributed by atoms with Crippen LogP contribution in [0.1, 0.15) is 20.3 Å². The highest BCUT2D eigenvalue weighted by Crippen LogP contribution is 2.28. The third kappa shape index (κ3) is 2.70. The summed E-state index contributed by atoms with van der Waals surface area (Å²) in [6, 6.07) is 13.6. The van der Waals surface area contributed by atoms with Crippen molar-refractivity contribution in [2.75, 3.05) is 11.4 Å². The predicted molar refractivity (Wildman–Crippen MR) is 78.7 cm³/mol. The maximum Gasteiger partial charge on any atom is 0.326 e. The second kappa shape index (κ2) is 5.74. The van der Waals surface area contributed by atoms with E-state index < -0.39 is 12.0 Å². The van der Waals surface area contributed by atoms with Gasteiger partial charge in [-0.25, -0.2) is 4.79 Å². The number of carbonyl (C=O) groups is 1. The summed E-state index contributed by atoms with van der Waals surface area (Å²) in [5, 5.41) is 11.5. The van der Waals surface area contributed by atoms with Gasteiger partial charge in [-0.05, 0) is 24.8 Å². The van der Waals surface area contributed by atoms with Gasteiger partial charge >= 0.3 is 5.97 Å². The van der Waals surface area contributed by atoms with Crippen molar-refractivity contribution in [2.45, 2.75) is 26.3 Å². The molecule has 0 heterocycles. The standard InChI is InChI=1S/C16H19NO2/c1-3-11-17(12(2)16(18)19)15-10-6-8-13-7-4-5-9-14(13)15/h4-10,12H,3,11H2,1-2H3,(H,18,19). The molecule has 0 aliphatic carbocycles. The molecule has 3 nitrogen and oxygen atoms in total. The summed E-state index contributed by atoms with van der Waals surface area (Å²) in [5.41, 5.74) is 0.995. The van der Waals surface area contributed by atoms with Crippen LogP contribution in [0.25, 0.3) is 10.8 Å². The number of aliphatic carboxylic acids is 1. The van der Waals surface area contributed by atoms with E-state index >= 15 is 0 Å². The molecule has 2 aromatic rings. The number of nitrogens with zero attached hydrogens (tertiary/aromatic N) is 1. The molecular weight excluding hydrogens is 238 g/mol. The average Bonchev–Trinajstić information content (AvgIpc) is 2.43. The van der Waals surface area contributed by atoms with Crippen molar-refractivity contribution in [2.24, 2.45) is 0 Å². The molecule has 19 heavy (non-hydrogen) atoms. The van der Waals surface area contributed by atoms with Gasteiger partial charge in [-0.1, -0.05) is 43.3 Å². The zero-order valence-corrected chi connectivity index (χ0v) is 11.3. The summed E-state index contributed by atoms with van der Waals surface area (Å²) >= 11 is 0. The van der Waals surface area contributed by atoms with E-state index in [9.17, 15) is 9.90 Å². The molecule has 0 aliphatic rings. The Bertz CT molecular complexity index is 574. The Morgan fingerprint density at radius 1 is 1.21 bits per heavy atom. The first-order chi connectivity index (χ1) is 9.15. The largest absolute Gasteiger partial charge is 0.480 e. The van der Waals surface area contributed by atoms with Gasteiger partial charge in [-0.2, -0.15) is 0 Å². The van der Waals surface area contributed by atoms with Gasteiger partial charge in [0.2, 0.25) is 0 Å². The second-order valence-electron chi connectivity index (χ2n) is 4.71. The van der Waals surface area contributed by atoms with E-state index in [0.717, 1.165) is 29.4 Å². The molecule has 1 atom stereocenters. The minimum atomic E-state index is -0.790. The minimum absolute atomic E-state index is 0.522. The van der Waals surface area contributed by atoms with Crippen molar-refractivity contribution in [3.8, 4) is 0 Å². The first-order valence-electron chi connectivity index (χ1n) is 6.62. The topological polar surface area (TPSA) is 40.5 Å². The van der Waals surface area contributed by atoms with Crippen LogP contribution in [0.5, 0.6) is 0 Å². The molecule has 0 fully saturated rings. The number of hydrogen-bond donors (Lipinski definition) is 1. The summed E-state index contributed by atoms with van der Waals surface area (Å²) < 4.78 is 0. The van der Waals surface area contributed by atoms with Crippen LogP contribution in [0, 0.1) is 0 Å². The molecule has 2 rings (SSSR count). The predicted octanol–water partition coefficient (Wildman–Crippen LogP) is 3.53. The van der Waals surface area contributed by atoms with Gasteiger partial charge in [-0.3, -0.25) is 0 Å². The Labute approximate surface area is 113 Å². The third-order valence-electron chi connectivity index (χ3n) is 3.37. The highest BCUT2D eigenvalue weighted by atomic mass is 16.4. The van der Waals surface area contributed by atoms with E-state index in [4.69, 9.17) is 0 Å². The maximum absolute atomic E-state index is 11.3. The molecule has 1 unspecified atom stereocenters. The lowest BCUT2D eigenvalue weighted by atomic mass is 10.1. The first kappa shape index (κ1) is 13.4. The van der Waals surface area contributed by atoms with E-state index in [-0.39, 0.29) is 0 Å². The molecule has 3 heteroatoms. The lowest BCUT2D eigenvalue weighted by Crippen LogP contribution is -2.39. The van der Waals surface area contributed by atoms with Crippen molar-refractivity contribution in [1.82, 2.24) is 0 Å². The van der Waals surface area contributed by atoms with Gasteiger partial charge in [0.05, 0.1) is 0 Å². The smallest absolute Gasteiger partial charge is 0.326 e. The lowest BCUT2D eigenvalue weighted by molar-refractivity contribution is -0.138. The van der Waals surface area contributed by atoms with Gasteiger partial charge in [-0.15, -0.1) is 0 Å². The summed E-state index contributed by atoms with van der Waals surface area (Å²) in [6.45, 7) is 4.54. The van der Waals surface area contributed by atoms with Crippen LogP contribution < -0.4 is 4.90 Å². The number of fused-ring (bicyclic) bond motifs is 1. The van der Waals surface area contributed by atoms with E-state index in [1.807, 2.05) is 47.4 Å². The van der Waals surface area contributed by atoms with Crippen LogP contribution in [0.15, 0.2) is 42.5 Å². The summed E-state index contributed by atoms with van der Waals surface area (Å²) in [7, 11) is 0. The van der Waals surface area contributed by atoms with Crippen molar-refractivity contribution < 1.29 is 9.90 Å². The number of anilines is 1. The van der Waals surface area contributed by atoms with Crippen molar-refractivity contribution in [1.29, 1.82) is 0 Å². The molecule has 0 aromatic heterocycles. The molecule has 0 saturated heterocycles. The van der Waals surface area contributed by atoms with Gasteiger partial charge in [0.1, 0.15) is 6.04 Å². The van der Waals surface area contributed by atoms with E-state index in [2.05, 4.69) is 6.92 Å². The molecule has 0 aliphatic heterocycles. The summed E-state index contributed by atoms with van der Waals surface area (Å²) in [5.74, 6) is -0.790. The number of benzene rings is 2. The minimum Gasteiger partial charge on any atom is -0.480 e. The molecule has 2 aromatic carbocycles. The first-order valence-corrected chi connectivity index (χ1v) is 6.62. The highest BCUT2D eigenvalue weighted by Gasteiger charge is 2.21. The molecule has 0 spiro atoms. The van der Waals surface area contributed by atoms with Gasteiger partial charge in [0.15, 0.2) is 0 Å². The SMILES string of the molecule is CCCN(c1cccc2ccccc12)C(C)C(=O)O. The van der Waals surface area contributed by atoms with Crippen molar-refractivity contribution in [3.05, 3.63) is 42.5 Å². The van der Waals surface area contributed by atoms with Crippen LogP contribution >= 0.6 is 0 Å². The van der Waals surface area contributed by atoms with Crippen molar-refractivity contribution >= 4 is 22.4 Å². The molecular formula is C16H19NO2. The lowest BCUT2D eigenvalue weighted by Gasteiger charge is -2.29. The zero-order chi connectivity index (χ0) is 13.8. The van der Waals surface area contributed by atoms with Gasteiger partial charge in [0, 0.05) is 17.6 Å². The fourth-order valence-corrected chi connectivity index (χ4v) is 2.36. The van der Waals surface area contributed by atoms with Crippen LogP contribution in [0.2, 0.25) is 0 Å². The number of rotatable bonds is 5. The number of carboxylic acid groups (broad SMARTS) is 1. The Hall–Kier alpha value is -2.03. The molecule has 0 saturated carbocycles. The van der Waals surface area contributed by atoms with E-state index in [1.165, 1.54) is 0 Å². The number of carboxylic acids is 1. The Kier molecular flexibility index (Phi) is 4.05. The molecule has 100 valence electrons.